The average Bonchev–Trinajstić information content (AvgIpc) is 3.24. The standard InChI is InChI=1S/C14H20BrN3O2/c1-2-17(12-6-7-12)9-8-16-10-11-4-3-5-13(14(11)15)18(19)20/h3-5,12,16H,2,6-10H2,1H3. The molecule has 0 unspecified atom stereocenters. The molecule has 0 saturated heterocycles. The van der Waals surface area contributed by atoms with E-state index in [0.717, 1.165) is 31.2 Å². The number of hydrogen-bond donors (Lipinski definition) is 1. The van der Waals surface area contributed by atoms with Crippen LogP contribution < -0.4 is 5.32 Å². The Bertz CT molecular complexity index is 477. The van der Waals surface area contributed by atoms with Crippen LogP contribution in [0.1, 0.15) is 25.3 Å². The van der Waals surface area contributed by atoms with Crippen molar-refractivity contribution >= 4 is 21.6 Å². The fraction of sp³-hybridized carbons (Fsp3) is 0.571. The van der Waals surface area contributed by atoms with Gasteiger partial charge in [0.05, 0.1) is 9.40 Å². The molecule has 0 spiro atoms. The number of likely N-dealkylation sites (N-methyl/N-ethyl adjacent to an activating group) is 1. The number of rotatable bonds is 8. The van der Waals surface area contributed by atoms with E-state index in [9.17, 15) is 10.1 Å². The number of nitro groups is 1. The molecule has 1 fully saturated rings. The van der Waals surface area contributed by atoms with Gasteiger partial charge in [0, 0.05) is 31.7 Å². The van der Waals surface area contributed by atoms with E-state index in [1.807, 2.05) is 6.07 Å². The maximum atomic E-state index is 10.9. The summed E-state index contributed by atoms with van der Waals surface area (Å²) in [5, 5.41) is 14.2. The molecule has 5 nitrogen and oxygen atoms in total. The number of halogens is 1. The number of nitro benzene ring substituents is 1. The Kier molecular flexibility index (Phi) is 5.51. The highest BCUT2D eigenvalue weighted by atomic mass is 79.9. The lowest BCUT2D eigenvalue weighted by atomic mass is 10.2. The second-order valence-corrected chi connectivity index (χ2v) is 5.84. The first-order valence-corrected chi connectivity index (χ1v) is 7.79. The predicted molar refractivity (Wildman–Crippen MR) is 82.8 cm³/mol. The summed E-state index contributed by atoms with van der Waals surface area (Å²) in [6, 6.07) is 5.93. The minimum Gasteiger partial charge on any atom is -0.311 e. The smallest absolute Gasteiger partial charge is 0.283 e. The third-order valence-corrected chi connectivity index (χ3v) is 4.53. The Morgan fingerprint density at radius 3 is 2.85 bits per heavy atom. The van der Waals surface area contributed by atoms with Gasteiger partial charge in [-0.15, -0.1) is 0 Å². The molecule has 0 aromatic heterocycles. The summed E-state index contributed by atoms with van der Waals surface area (Å²) < 4.78 is 0.576. The molecule has 110 valence electrons. The van der Waals surface area contributed by atoms with Crippen LogP contribution in [0.2, 0.25) is 0 Å². The van der Waals surface area contributed by atoms with Crippen LogP contribution in [0.4, 0.5) is 5.69 Å². The highest BCUT2D eigenvalue weighted by Crippen LogP contribution is 2.28. The predicted octanol–water partition coefficient (Wildman–Crippen LogP) is 2.93. The van der Waals surface area contributed by atoms with Crippen molar-refractivity contribution in [3.8, 4) is 0 Å². The highest BCUT2D eigenvalue weighted by molar-refractivity contribution is 9.10. The Morgan fingerprint density at radius 1 is 1.50 bits per heavy atom. The quantitative estimate of drug-likeness (QED) is 0.448. The van der Waals surface area contributed by atoms with Gasteiger partial charge >= 0.3 is 0 Å². The largest absolute Gasteiger partial charge is 0.311 e. The van der Waals surface area contributed by atoms with Crippen LogP contribution >= 0.6 is 15.9 Å². The molecule has 2 rings (SSSR count). The number of hydrogen-bond acceptors (Lipinski definition) is 4. The normalized spacial score (nSPS) is 14.8. The highest BCUT2D eigenvalue weighted by Gasteiger charge is 2.27. The van der Waals surface area contributed by atoms with Crippen LogP contribution in [0.25, 0.3) is 0 Å². The molecule has 0 heterocycles. The van der Waals surface area contributed by atoms with E-state index < -0.39 is 0 Å². The van der Waals surface area contributed by atoms with Crippen LogP contribution in [0.15, 0.2) is 22.7 Å². The first-order chi connectivity index (χ1) is 9.63. The van der Waals surface area contributed by atoms with E-state index in [1.165, 1.54) is 18.9 Å². The van der Waals surface area contributed by atoms with Crippen molar-refractivity contribution in [2.24, 2.45) is 0 Å². The molecule has 0 amide bonds. The monoisotopic (exact) mass is 341 g/mol. The third-order valence-electron chi connectivity index (χ3n) is 3.62. The van der Waals surface area contributed by atoms with Gasteiger partial charge < -0.3 is 5.32 Å². The minimum atomic E-state index is -0.362. The zero-order chi connectivity index (χ0) is 14.5. The molecule has 1 aromatic carbocycles. The molecule has 1 saturated carbocycles. The van der Waals surface area contributed by atoms with Crippen LogP contribution in [0.3, 0.4) is 0 Å². The Balaban J connectivity index is 1.82. The second kappa shape index (κ2) is 7.15. The molecule has 20 heavy (non-hydrogen) atoms. The van der Waals surface area contributed by atoms with E-state index in [-0.39, 0.29) is 10.6 Å². The summed E-state index contributed by atoms with van der Waals surface area (Å²) in [5.74, 6) is 0. The summed E-state index contributed by atoms with van der Waals surface area (Å²) in [5.41, 5.74) is 1.05. The topological polar surface area (TPSA) is 58.4 Å². The molecular weight excluding hydrogens is 322 g/mol. The van der Waals surface area contributed by atoms with Crippen molar-refractivity contribution in [2.75, 3.05) is 19.6 Å². The summed E-state index contributed by atoms with van der Waals surface area (Å²) in [6.07, 6.45) is 2.65. The molecule has 1 aromatic rings. The maximum absolute atomic E-state index is 10.9. The zero-order valence-electron chi connectivity index (χ0n) is 11.6. The Morgan fingerprint density at radius 2 is 2.25 bits per heavy atom. The summed E-state index contributed by atoms with van der Waals surface area (Å²) in [7, 11) is 0. The van der Waals surface area contributed by atoms with E-state index in [2.05, 4.69) is 33.1 Å². The third kappa shape index (κ3) is 4.01. The molecule has 0 atom stereocenters. The summed E-state index contributed by atoms with van der Waals surface area (Å²) in [4.78, 5) is 13.0. The zero-order valence-corrected chi connectivity index (χ0v) is 13.2. The summed E-state index contributed by atoms with van der Waals surface area (Å²) in [6.45, 7) is 5.86. The van der Waals surface area contributed by atoms with Crippen molar-refractivity contribution in [3.05, 3.63) is 38.3 Å². The van der Waals surface area contributed by atoms with E-state index in [0.29, 0.717) is 11.0 Å². The van der Waals surface area contributed by atoms with Crippen molar-refractivity contribution in [1.29, 1.82) is 0 Å². The van der Waals surface area contributed by atoms with Crippen molar-refractivity contribution in [1.82, 2.24) is 10.2 Å². The number of nitrogens with zero attached hydrogens (tertiary/aromatic N) is 2. The first-order valence-electron chi connectivity index (χ1n) is 7.00. The molecule has 6 heteroatoms. The molecule has 1 aliphatic rings. The van der Waals surface area contributed by atoms with Gasteiger partial charge in [-0.05, 0) is 40.9 Å². The van der Waals surface area contributed by atoms with Crippen LogP contribution in [0.5, 0.6) is 0 Å². The van der Waals surface area contributed by atoms with Gasteiger partial charge in [-0.2, -0.15) is 0 Å². The van der Waals surface area contributed by atoms with Gasteiger partial charge in [0.15, 0.2) is 0 Å². The fourth-order valence-corrected chi connectivity index (χ4v) is 2.88. The molecule has 1 N–H and O–H groups in total. The van der Waals surface area contributed by atoms with Crippen LogP contribution in [-0.4, -0.2) is 35.5 Å². The SMILES string of the molecule is CCN(CCNCc1cccc([N+](=O)[O-])c1Br)C1CC1. The van der Waals surface area contributed by atoms with Gasteiger partial charge in [-0.3, -0.25) is 15.0 Å². The molecular formula is C14H20BrN3O2. The van der Waals surface area contributed by atoms with Gasteiger partial charge in [0.2, 0.25) is 0 Å². The number of nitrogens with one attached hydrogen (secondary N) is 1. The fourth-order valence-electron chi connectivity index (χ4n) is 2.33. The first kappa shape index (κ1) is 15.4. The van der Waals surface area contributed by atoms with Gasteiger partial charge in [0.25, 0.3) is 5.69 Å². The average molecular weight is 342 g/mol. The Hall–Kier alpha value is -0.980. The lowest BCUT2D eigenvalue weighted by molar-refractivity contribution is -0.385. The Labute approximate surface area is 127 Å². The number of benzene rings is 1. The van der Waals surface area contributed by atoms with E-state index >= 15 is 0 Å². The van der Waals surface area contributed by atoms with Crippen LogP contribution in [0, 0.1) is 10.1 Å². The molecule has 1 aliphatic carbocycles. The van der Waals surface area contributed by atoms with Crippen LogP contribution in [-0.2, 0) is 6.54 Å². The second-order valence-electron chi connectivity index (χ2n) is 5.04. The lowest BCUT2D eigenvalue weighted by Crippen LogP contribution is -2.33. The van der Waals surface area contributed by atoms with Crippen molar-refractivity contribution < 1.29 is 4.92 Å². The minimum absolute atomic E-state index is 0.123. The molecule has 0 radical (unpaired) electrons. The maximum Gasteiger partial charge on any atom is 0.283 e. The van der Waals surface area contributed by atoms with E-state index in [1.54, 1.807) is 6.07 Å². The van der Waals surface area contributed by atoms with Gasteiger partial charge in [0.1, 0.15) is 0 Å². The molecule has 0 bridgehead atoms. The van der Waals surface area contributed by atoms with Gasteiger partial charge in [-0.1, -0.05) is 19.1 Å². The van der Waals surface area contributed by atoms with Gasteiger partial charge in [-0.25, -0.2) is 0 Å². The molecule has 0 aliphatic heterocycles. The van der Waals surface area contributed by atoms with E-state index in [4.69, 9.17) is 0 Å². The lowest BCUT2D eigenvalue weighted by Gasteiger charge is -2.19. The van der Waals surface area contributed by atoms with Crippen molar-refractivity contribution in [3.63, 3.8) is 0 Å². The van der Waals surface area contributed by atoms with Crippen molar-refractivity contribution in [2.45, 2.75) is 32.4 Å². The summed E-state index contributed by atoms with van der Waals surface area (Å²) >= 11 is 3.32.